The number of carbonyl (C=O) groups is 1. The molecule has 1 saturated carbocycles. The third-order valence-corrected chi connectivity index (χ3v) is 4.23. The molecule has 3 nitrogen and oxygen atoms in total. The maximum Gasteiger partial charge on any atom is 0.387 e. The van der Waals surface area contributed by atoms with Gasteiger partial charge in [-0.2, -0.15) is 8.78 Å². The SMILES string of the molecule is O=C(NC1(c2ccccc2)CCC1)c1ccc(OC(F)F)cc1. The summed E-state index contributed by atoms with van der Waals surface area (Å²) in [4.78, 5) is 12.5. The lowest BCUT2D eigenvalue weighted by atomic mass is 9.71. The van der Waals surface area contributed by atoms with Crippen molar-refractivity contribution in [2.24, 2.45) is 0 Å². The summed E-state index contributed by atoms with van der Waals surface area (Å²) >= 11 is 0. The molecule has 0 aromatic heterocycles. The molecule has 0 radical (unpaired) electrons. The highest BCUT2D eigenvalue weighted by atomic mass is 19.3. The first-order valence-corrected chi connectivity index (χ1v) is 7.52. The lowest BCUT2D eigenvalue weighted by Gasteiger charge is -2.43. The molecule has 0 aliphatic heterocycles. The monoisotopic (exact) mass is 317 g/mol. The molecule has 1 amide bonds. The molecule has 2 aromatic rings. The first kappa shape index (κ1) is 15.5. The third-order valence-electron chi connectivity index (χ3n) is 4.23. The number of carbonyl (C=O) groups excluding carboxylic acids is 1. The van der Waals surface area contributed by atoms with Gasteiger partial charge in [0, 0.05) is 5.56 Å². The summed E-state index contributed by atoms with van der Waals surface area (Å²) in [5.74, 6) is -0.171. The van der Waals surface area contributed by atoms with Gasteiger partial charge in [0.05, 0.1) is 5.54 Å². The van der Waals surface area contributed by atoms with Gasteiger partial charge in [-0.05, 0) is 49.1 Å². The molecule has 3 rings (SSSR count). The molecule has 0 unspecified atom stereocenters. The van der Waals surface area contributed by atoms with Crippen molar-refractivity contribution in [1.82, 2.24) is 5.32 Å². The quantitative estimate of drug-likeness (QED) is 0.902. The number of amides is 1. The summed E-state index contributed by atoms with van der Waals surface area (Å²) in [6.07, 6.45) is 2.86. The van der Waals surface area contributed by atoms with Gasteiger partial charge in [-0.25, -0.2) is 0 Å². The van der Waals surface area contributed by atoms with Crippen molar-refractivity contribution in [2.45, 2.75) is 31.4 Å². The van der Waals surface area contributed by atoms with Gasteiger partial charge in [0.2, 0.25) is 0 Å². The summed E-state index contributed by atoms with van der Waals surface area (Å²) in [5, 5.41) is 3.09. The van der Waals surface area contributed by atoms with Crippen molar-refractivity contribution in [3.05, 3.63) is 65.7 Å². The molecule has 1 aliphatic rings. The molecule has 1 aliphatic carbocycles. The van der Waals surface area contributed by atoms with E-state index in [4.69, 9.17) is 0 Å². The summed E-state index contributed by atoms with van der Waals surface area (Å²) in [5.41, 5.74) is 1.20. The second kappa shape index (κ2) is 6.36. The van der Waals surface area contributed by atoms with Gasteiger partial charge in [-0.1, -0.05) is 30.3 Å². The van der Waals surface area contributed by atoms with Crippen molar-refractivity contribution in [3.63, 3.8) is 0 Å². The number of hydrogen-bond acceptors (Lipinski definition) is 2. The highest BCUT2D eigenvalue weighted by Gasteiger charge is 2.39. The minimum Gasteiger partial charge on any atom is -0.435 e. The van der Waals surface area contributed by atoms with Crippen LogP contribution in [0.1, 0.15) is 35.2 Å². The van der Waals surface area contributed by atoms with Crippen LogP contribution in [0.5, 0.6) is 5.75 Å². The average Bonchev–Trinajstić information content (AvgIpc) is 2.51. The van der Waals surface area contributed by atoms with Crippen LogP contribution in [0, 0.1) is 0 Å². The summed E-state index contributed by atoms with van der Waals surface area (Å²) in [6.45, 7) is -2.87. The molecular formula is C18H17F2NO2. The van der Waals surface area contributed by atoms with Crippen molar-refractivity contribution < 1.29 is 18.3 Å². The minimum atomic E-state index is -2.87. The third kappa shape index (κ3) is 3.33. The van der Waals surface area contributed by atoms with Crippen LogP contribution in [0.4, 0.5) is 8.78 Å². The Hall–Kier alpha value is -2.43. The Balaban J connectivity index is 1.73. The van der Waals surface area contributed by atoms with Gasteiger partial charge in [-0.3, -0.25) is 4.79 Å². The number of ether oxygens (including phenoxy) is 1. The molecule has 1 fully saturated rings. The maximum absolute atomic E-state index is 12.5. The second-order valence-corrected chi connectivity index (χ2v) is 5.66. The minimum absolute atomic E-state index is 0.0398. The van der Waals surface area contributed by atoms with E-state index in [0.29, 0.717) is 5.56 Å². The number of nitrogens with one attached hydrogen (secondary N) is 1. The summed E-state index contributed by atoms with van der Waals surface area (Å²) < 4.78 is 28.6. The average molecular weight is 317 g/mol. The number of halogens is 2. The fraction of sp³-hybridized carbons (Fsp3) is 0.278. The van der Waals surface area contributed by atoms with Gasteiger partial charge in [0.15, 0.2) is 0 Å². The van der Waals surface area contributed by atoms with Crippen LogP contribution in [-0.4, -0.2) is 12.5 Å². The van der Waals surface area contributed by atoms with Crippen LogP contribution >= 0.6 is 0 Å². The standard InChI is InChI=1S/C18H17F2NO2/c19-17(20)23-15-9-7-13(8-10-15)16(22)21-18(11-4-12-18)14-5-2-1-3-6-14/h1-3,5-10,17H,4,11-12H2,(H,21,22). The number of alkyl halides is 2. The molecule has 0 saturated heterocycles. The number of rotatable bonds is 5. The van der Waals surface area contributed by atoms with Crippen molar-refractivity contribution in [1.29, 1.82) is 0 Å². The molecule has 0 atom stereocenters. The van der Waals surface area contributed by atoms with Crippen LogP contribution in [-0.2, 0) is 5.54 Å². The van der Waals surface area contributed by atoms with Crippen LogP contribution in [0.25, 0.3) is 0 Å². The van der Waals surface area contributed by atoms with Gasteiger partial charge in [0.25, 0.3) is 5.91 Å². The molecule has 0 heterocycles. The van der Waals surface area contributed by atoms with Crippen molar-refractivity contribution in [3.8, 4) is 5.75 Å². The summed E-state index contributed by atoms with van der Waals surface area (Å²) in [7, 11) is 0. The van der Waals surface area contributed by atoms with Gasteiger partial charge in [0.1, 0.15) is 5.75 Å². The fourth-order valence-corrected chi connectivity index (χ4v) is 2.85. The van der Waals surface area contributed by atoms with E-state index in [9.17, 15) is 13.6 Å². The largest absolute Gasteiger partial charge is 0.435 e. The highest BCUT2D eigenvalue weighted by molar-refractivity contribution is 5.95. The van der Waals surface area contributed by atoms with Crippen molar-refractivity contribution in [2.75, 3.05) is 0 Å². The number of benzene rings is 2. The predicted octanol–water partition coefficient (Wildman–Crippen LogP) is 4.10. The van der Waals surface area contributed by atoms with Gasteiger partial charge >= 0.3 is 6.61 Å². The molecule has 120 valence electrons. The van der Waals surface area contributed by atoms with E-state index in [1.54, 1.807) is 0 Å². The lowest BCUT2D eigenvalue weighted by molar-refractivity contribution is -0.0498. The molecule has 0 spiro atoms. The second-order valence-electron chi connectivity index (χ2n) is 5.66. The molecular weight excluding hydrogens is 300 g/mol. The van der Waals surface area contributed by atoms with Crippen LogP contribution < -0.4 is 10.1 Å². The molecule has 0 bridgehead atoms. The smallest absolute Gasteiger partial charge is 0.387 e. The van der Waals surface area contributed by atoms with Crippen molar-refractivity contribution >= 4 is 5.91 Å². The van der Waals surface area contributed by atoms with E-state index in [0.717, 1.165) is 24.8 Å². The Kier molecular flexibility index (Phi) is 4.28. The Morgan fingerprint density at radius 3 is 2.22 bits per heavy atom. The van der Waals surface area contributed by atoms with E-state index in [-0.39, 0.29) is 17.2 Å². The van der Waals surface area contributed by atoms with Crippen LogP contribution in [0.3, 0.4) is 0 Å². The lowest BCUT2D eigenvalue weighted by Crippen LogP contribution is -2.50. The normalized spacial score (nSPS) is 15.8. The summed E-state index contributed by atoms with van der Waals surface area (Å²) in [6, 6.07) is 15.6. The Morgan fingerprint density at radius 1 is 1.04 bits per heavy atom. The Morgan fingerprint density at radius 2 is 1.70 bits per heavy atom. The Labute approximate surface area is 133 Å². The zero-order chi connectivity index (χ0) is 16.3. The first-order chi connectivity index (χ1) is 11.1. The first-order valence-electron chi connectivity index (χ1n) is 7.52. The molecule has 2 aromatic carbocycles. The van der Waals surface area contributed by atoms with Gasteiger partial charge in [-0.15, -0.1) is 0 Å². The highest BCUT2D eigenvalue weighted by Crippen LogP contribution is 2.41. The van der Waals surface area contributed by atoms with Crippen LogP contribution in [0.15, 0.2) is 54.6 Å². The number of hydrogen-bond donors (Lipinski definition) is 1. The van der Waals surface area contributed by atoms with Gasteiger partial charge < -0.3 is 10.1 Å². The van der Waals surface area contributed by atoms with E-state index in [1.165, 1.54) is 24.3 Å². The predicted molar refractivity (Wildman–Crippen MR) is 82.5 cm³/mol. The van der Waals surface area contributed by atoms with E-state index >= 15 is 0 Å². The maximum atomic E-state index is 12.5. The zero-order valence-electron chi connectivity index (χ0n) is 12.5. The van der Waals surface area contributed by atoms with Crippen LogP contribution in [0.2, 0.25) is 0 Å². The molecule has 23 heavy (non-hydrogen) atoms. The zero-order valence-corrected chi connectivity index (χ0v) is 12.5. The van der Waals surface area contributed by atoms with E-state index in [1.807, 2.05) is 30.3 Å². The molecule has 5 heteroatoms. The Bertz CT molecular complexity index is 667. The topological polar surface area (TPSA) is 38.3 Å². The van der Waals surface area contributed by atoms with E-state index in [2.05, 4.69) is 10.1 Å². The fourth-order valence-electron chi connectivity index (χ4n) is 2.85. The van der Waals surface area contributed by atoms with E-state index < -0.39 is 6.61 Å². The molecule has 1 N–H and O–H groups in total.